The highest BCUT2D eigenvalue weighted by molar-refractivity contribution is 5.39. The maximum Gasteiger partial charge on any atom is 0.269 e. The maximum absolute atomic E-state index is 10.5. The fourth-order valence-corrected chi connectivity index (χ4v) is 2.05. The predicted molar refractivity (Wildman–Crippen MR) is 57.7 cm³/mol. The van der Waals surface area contributed by atoms with Gasteiger partial charge in [0.15, 0.2) is 0 Å². The third-order valence-corrected chi connectivity index (χ3v) is 3.17. The summed E-state index contributed by atoms with van der Waals surface area (Å²) in [5.41, 5.74) is 7.14. The summed E-state index contributed by atoms with van der Waals surface area (Å²) >= 11 is 0. The van der Waals surface area contributed by atoms with E-state index in [2.05, 4.69) is 0 Å². The minimum Gasteiger partial charge on any atom is -0.330 e. The van der Waals surface area contributed by atoms with Gasteiger partial charge in [0.2, 0.25) is 0 Å². The first kappa shape index (κ1) is 10.1. The van der Waals surface area contributed by atoms with Crippen LogP contribution in [0.5, 0.6) is 0 Å². The molecule has 0 unspecified atom stereocenters. The number of nitrogens with two attached hydrogens (primary N) is 1. The van der Waals surface area contributed by atoms with Crippen LogP contribution in [-0.4, -0.2) is 11.5 Å². The molecule has 2 N–H and O–H groups in total. The Balaban J connectivity index is 2.20. The Morgan fingerprint density at radius 2 is 1.93 bits per heavy atom. The maximum atomic E-state index is 10.5. The zero-order valence-electron chi connectivity index (χ0n) is 8.48. The Morgan fingerprint density at radius 1 is 1.33 bits per heavy atom. The number of benzene rings is 1. The molecule has 0 amide bonds. The smallest absolute Gasteiger partial charge is 0.269 e. The van der Waals surface area contributed by atoms with E-state index in [1.807, 2.05) is 12.1 Å². The van der Waals surface area contributed by atoms with Crippen molar-refractivity contribution in [3.63, 3.8) is 0 Å². The fourth-order valence-electron chi connectivity index (χ4n) is 2.05. The van der Waals surface area contributed by atoms with E-state index in [1.165, 1.54) is 5.56 Å². The number of hydrogen-bond donors (Lipinski definition) is 1. The molecule has 0 atom stereocenters. The van der Waals surface area contributed by atoms with Gasteiger partial charge < -0.3 is 5.73 Å². The monoisotopic (exact) mass is 206 g/mol. The van der Waals surface area contributed by atoms with Crippen molar-refractivity contribution in [3.05, 3.63) is 39.9 Å². The Bertz CT molecular complexity index is 369. The summed E-state index contributed by atoms with van der Waals surface area (Å²) in [4.78, 5) is 10.1. The van der Waals surface area contributed by atoms with E-state index in [-0.39, 0.29) is 16.0 Å². The summed E-state index contributed by atoms with van der Waals surface area (Å²) in [6, 6.07) is 6.87. The zero-order valence-corrected chi connectivity index (χ0v) is 8.48. The van der Waals surface area contributed by atoms with Gasteiger partial charge in [-0.15, -0.1) is 0 Å². The zero-order chi connectivity index (χ0) is 10.9. The van der Waals surface area contributed by atoms with Gasteiger partial charge in [-0.1, -0.05) is 12.1 Å². The van der Waals surface area contributed by atoms with E-state index >= 15 is 0 Å². The summed E-state index contributed by atoms with van der Waals surface area (Å²) in [6.07, 6.45) is 3.29. The number of rotatable bonds is 4. The molecule has 0 bridgehead atoms. The Labute approximate surface area is 88.2 Å². The molecular formula is C11H14N2O2. The van der Waals surface area contributed by atoms with Crippen molar-refractivity contribution in [2.24, 2.45) is 5.73 Å². The molecule has 15 heavy (non-hydrogen) atoms. The third kappa shape index (κ3) is 1.85. The molecule has 0 radical (unpaired) electrons. The lowest BCUT2D eigenvalue weighted by Gasteiger charge is -2.13. The van der Waals surface area contributed by atoms with Gasteiger partial charge in [0.25, 0.3) is 5.69 Å². The van der Waals surface area contributed by atoms with Crippen LogP contribution in [-0.2, 0) is 5.41 Å². The predicted octanol–water partition coefficient (Wildman–Crippen LogP) is 1.98. The second-order valence-electron chi connectivity index (χ2n) is 4.12. The van der Waals surface area contributed by atoms with E-state index in [0.29, 0.717) is 6.54 Å². The van der Waals surface area contributed by atoms with Gasteiger partial charge in [0, 0.05) is 12.1 Å². The van der Waals surface area contributed by atoms with Gasteiger partial charge in [0.05, 0.1) is 4.92 Å². The van der Waals surface area contributed by atoms with Gasteiger partial charge in [-0.05, 0) is 36.8 Å². The van der Waals surface area contributed by atoms with Crippen LogP contribution >= 0.6 is 0 Å². The largest absolute Gasteiger partial charge is 0.330 e. The molecule has 1 aliphatic rings. The summed E-state index contributed by atoms with van der Waals surface area (Å²) in [6.45, 7) is 0.678. The molecule has 2 rings (SSSR count). The highest BCUT2D eigenvalue weighted by Crippen LogP contribution is 2.50. The molecular weight excluding hydrogens is 192 g/mol. The van der Waals surface area contributed by atoms with Crippen LogP contribution in [0.4, 0.5) is 5.69 Å². The van der Waals surface area contributed by atoms with E-state index in [9.17, 15) is 10.1 Å². The van der Waals surface area contributed by atoms with Crippen LogP contribution < -0.4 is 5.73 Å². The molecule has 80 valence electrons. The molecule has 4 nitrogen and oxygen atoms in total. The Hall–Kier alpha value is -1.42. The highest BCUT2D eigenvalue weighted by atomic mass is 16.6. The summed E-state index contributed by atoms with van der Waals surface area (Å²) in [7, 11) is 0. The van der Waals surface area contributed by atoms with Crippen LogP contribution in [0.2, 0.25) is 0 Å². The van der Waals surface area contributed by atoms with Gasteiger partial charge in [-0.25, -0.2) is 0 Å². The molecule has 0 spiro atoms. The molecule has 1 fully saturated rings. The lowest BCUT2D eigenvalue weighted by Crippen LogP contribution is -2.13. The molecule has 0 aliphatic heterocycles. The second kappa shape index (κ2) is 3.62. The first-order valence-corrected chi connectivity index (χ1v) is 5.13. The fraction of sp³-hybridized carbons (Fsp3) is 0.455. The summed E-state index contributed by atoms with van der Waals surface area (Å²) in [5.74, 6) is 0. The molecule has 0 heterocycles. The number of nitrogens with zero attached hydrogens (tertiary/aromatic N) is 1. The van der Waals surface area contributed by atoms with E-state index in [1.54, 1.807) is 12.1 Å². The molecule has 1 aliphatic carbocycles. The molecule has 1 aromatic carbocycles. The van der Waals surface area contributed by atoms with E-state index in [4.69, 9.17) is 5.73 Å². The van der Waals surface area contributed by atoms with Crippen molar-refractivity contribution in [3.8, 4) is 0 Å². The SMILES string of the molecule is NCCC1(c2ccc([N+](=O)[O-])cc2)CC1. The quantitative estimate of drug-likeness (QED) is 0.604. The van der Waals surface area contributed by atoms with Crippen LogP contribution in [0.25, 0.3) is 0 Å². The normalized spacial score (nSPS) is 17.4. The lowest BCUT2D eigenvalue weighted by molar-refractivity contribution is -0.384. The van der Waals surface area contributed by atoms with Crippen molar-refractivity contribution in [2.45, 2.75) is 24.7 Å². The van der Waals surface area contributed by atoms with Crippen LogP contribution in [0.15, 0.2) is 24.3 Å². The molecule has 1 aromatic rings. The first-order valence-electron chi connectivity index (χ1n) is 5.13. The van der Waals surface area contributed by atoms with Crippen molar-refractivity contribution >= 4 is 5.69 Å². The van der Waals surface area contributed by atoms with Gasteiger partial charge in [-0.2, -0.15) is 0 Å². The first-order chi connectivity index (χ1) is 7.18. The van der Waals surface area contributed by atoms with Crippen molar-refractivity contribution in [1.29, 1.82) is 0 Å². The lowest BCUT2D eigenvalue weighted by atomic mass is 9.92. The minimum absolute atomic E-state index is 0.155. The van der Waals surface area contributed by atoms with Crippen molar-refractivity contribution in [1.82, 2.24) is 0 Å². The topological polar surface area (TPSA) is 69.2 Å². The minimum atomic E-state index is -0.369. The molecule has 0 saturated heterocycles. The number of nitro benzene ring substituents is 1. The number of non-ortho nitro benzene ring substituents is 1. The van der Waals surface area contributed by atoms with Crippen LogP contribution in [0.3, 0.4) is 0 Å². The summed E-state index contributed by atoms with van der Waals surface area (Å²) in [5, 5.41) is 10.5. The third-order valence-electron chi connectivity index (χ3n) is 3.17. The standard InChI is InChI=1S/C11H14N2O2/c12-8-7-11(5-6-11)9-1-3-10(4-2-9)13(14)15/h1-4H,5-8,12H2. The highest BCUT2D eigenvalue weighted by Gasteiger charge is 2.43. The van der Waals surface area contributed by atoms with Crippen LogP contribution in [0.1, 0.15) is 24.8 Å². The van der Waals surface area contributed by atoms with E-state index in [0.717, 1.165) is 19.3 Å². The van der Waals surface area contributed by atoms with Gasteiger partial charge in [-0.3, -0.25) is 10.1 Å². The van der Waals surface area contributed by atoms with Gasteiger partial charge in [0.1, 0.15) is 0 Å². The van der Waals surface area contributed by atoms with E-state index < -0.39 is 0 Å². The number of hydrogen-bond acceptors (Lipinski definition) is 3. The number of nitro groups is 1. The van der Waals surface area contributed by atoms with Crippen LogP contribution in [0, 0.1) is 10.1 Å². The molecule has 4 heteroatoms. The Morgan fingerprint density at radius 3 is 2.33 bits per heavy atom. The molecule has 1 saturated carbocycles. The average molecular weight is 206 g/mol. The second-order valence-corrected chi connectivity index (χ2v) is 4.12. The van der Waals surface area contributed by atoms with Crippen molar-refractivity contribution < 1.29 is 4.92 Å². The Kier molecular flexibility index (Phi) is 2.44. The van der Waals surface area contributed by atoms with Crippen molar-refractivity contribution in [2.75, 3.05) is 6.54 Å². The average Bonchev–Trinajstić information content (AvgIpc) is 3.00. The van der Waals surface area contributed by atoms with Gasteiger partial charge >= 0.3 is 0 Å². The molecule has 0 aromatic heterocycles. The summed E-state index contributed by atoms with van der Waals surface area (Å²) < 4.78 is 0.